The molecule has 2 rings (SSSR count). The molecule has 33 heavy (non-hydrogen) atoms. The van der Waals surface area contributed by atoms with Gasteiger partial charge >= 0.3 is 12.0 Å². The Bertz CT molecular complexity index is 1050. The number of thiophene rings is 1. The Morgan fingerprint density at radius 2 is 1.94 bits per heavy atom. The lowest BCUT2D eigenvalue weighted by molar-refractivity contribution is 0.0606. The number of amides is 2. The molecule has 0 bridgehead atoms. The molecule has 2 aromatic rings. The third-order valence-electron chi connectivity index (χ3n) is 4.91. The van der Waals surface area contributed by atoms with Crippen LogP contribution >= 0.6 is 22.9 Å². The third-order valence-corrected chi connectivity index (χ3v) is 6.57. The van der Waals surface area contributed by atoms with Gasteiger partial charge in [-0.3, -0.25) is 10.6 Å². The van der Waals surface area contributed by atoms with Crippen LogP contribution in [0.5, 0.6) is 0 Å². The molecule has 2 N–H and O–H groups in total. The molecule has 0 aliphatic heterocycles. The summed E-state index contributed by atoms with van der Waals surface area (Å²) < 4.78 is 18.2. The zero-order chi connectivity index (χ0) is 24.8. The standard InChI is InChI=1S/C23H28ClFN4O3S/c1-7-17-18(24)19(21(30)32-6)33-20(17)28-22(31)27-14(3)29(26-13-23(4,5)8-2)16-11-9-15(25)10-12-16/h9-13H,3,7-8H2,1-2,4-6H3,(H2,27,28,31)/b26-13+. The molecular formula is C23H28ClFN4O3S. The first-order valence-corrected chi connectivity index (χ1v) is 11.5. The predicted octanol–water partition coefficient (Wildman–Crippen LogP) is 6.41. The highest BCUT2D eigenvalue weighted by molar-refractivity contribution is 7.19. The molecule has 0 saturated heterocycles. The smallest absolute Gasteiger partial charge is 0.349 e. The lowest BCUT2D eigenvalue weighted by atomic mass is 9.92. The maximum absolute atomic E-state index is 13.4. The summed E-state index contributed by atoms with van der Waals surface area (Å²) in [6.07, 6.45) is 3.09. The molecule has 0 saturated carbocycles. The number of nitrogens with zero attached hydrogens (tertiary/aromatic N) is 2. The van der Waals surface area contributed by atoms with Crippen molar-refractivity contribution in [3.05, 3.63) is 57.9 Å². The molecule has 1 aromatic heterocycles. The Labute approximate surface area is 202 Å². The molecule has 1 heterocycles. The van der Waals surface area contributed by atoms with Gasteiger partial charge in [0.2, 0.25) is 0 Å². The number of esters is 1. The van der Waals surface area contributed by atoms with E-state index in [4.69, 9.17) is 16.3 Å². The number of carbonyl (C=O) groups is 2. The average Bonchev–Trinajstić information content (AvgIpc) is 3.09. The van der Waals surface area contributed by atoms with Gasteiger partial charge < -0.3 is 4.74 Å². The quantitative estimate of drug-likeness (QED) is 0.239. The van der Waals surface area contributed by atoms with Crippen molar-refractivity contribution in [2.24, 2.45) is 10.5 Å². The number of nitrogens with one attached hydrogen (secondary N) is 2. The number of carbonyl (C=O) groups excluding carboxylic acids is 2. The van der Waals surface area contributed by atoms with Crippen molar-refractivity contribution in [2.45, 2.75) is 40.5 Å². The fourth-order valence-corrected chi connectivity index (χ4v) is 4.16. The summed E-state index contributed by atoms with van der Waals surface area (Å²) >= 11 is 7.32. The van der Waals surface area contributed by atoms with Gasteiger partial charge in [0.15, 0.2) is 0 Å². The van der Waals surface area contributed by atoms with Crippen LogP contribution in [0.1, 0.15) is 49.4 Å². The number of hydrogen-bond donors (Lipinski definition) is 2. The molecule has 0 radical (unpaired) electrons. The van der Waals surface area contributed by atoms with Crippen LogP contribution in [0.25, 0.3) is 0 Å². The molecule has 1 aromatic carbocycles. The van der Waals surface area contributed by atoms with Gasteiger partial charge in [-0.05, 0) is 37.1 Å². The van der Waals surface area contributed by atoms with E-state index in [1.807, 2.05) is 27.7 Å². The number of halogens is 2. The zero-order valence-electron chi connectivity index (χ0n) is 19.3. The molecule has 178 valence electrons. The normalized spacial score (nSPS) is 11.4. The Kier molecular flexibility index (Phi) is 9.01. The Morgan fingerprint density at radius 1 is 1.30 bits per heavy atom. The summed E-state index contributed by atoms with van der Waals surface area (Å²) in [6.45, 7) is 11.9. The van der Waals surface area contributed by atoms with Gasteiger partial charge in [-0.25, -0.2) is 19.0 Å². The zero-order valence-corrected chi connectivity index (χ0v) is 20.9. The number of hydrazone groups is 1. The van der Waals surface area contributed by atoms with E-state index in [0.717, 1.165) is 17.8 Å². The molecule has 0 aliphatic carbocycles. The number of anilines is 2. The maximum atomic E-state index is 13.4. The summed E-state index contributed by atoms with van der Waals surface area (Å²) in [6, 6.07) is 5.07. The third kappa shape index (κ3) is 6.79. The fraction of sp³-hybridized carbons (Fsp3) is 0.348. The number of methoxy groups -OCH3 is 1. The molecule has 0 fully saturated rings. The molecule has 0 atom stereocenters. The second kappa shape index (κ2) is 11.3. The lowest BCUT2D eigenvalue weighted by Gasteiger charge is -2.24. The van der Waals surface area contributed by atoms with Crippen molar-refractivity contribution >= 4 is 51.8 Å². The highest BCUT2D eigenvalue weighted by Crippen LogP contribution is 2.38. The first kappa shape index (κ1) is 26.3. The van der Waals surface area contributed by atoms with Gasteiger partial charge in [-0.1, -0.05) is 45.9 Å². The van der Waals surface area contributed by atoms with E-state index in [1.165, 1.54) is 36.4 Å². The molecule has 0 unspecified atom stereocenters. The van der Waals surface area contributed by atoms with Crippen LogP contribution in [0.4, 0.5) is 19.9 Å². The van der Waals surface area contributed by atoms with Crippen molar-refractivity contribution in [1.82, 2.24) is 5.32 Å². The van der Waals surface area contributed by atoms with Crippen molar-refractivity contribution in [3.63, 3.8) is 0 Å². The average molecular weight is 495 g/mol. The minimum Gasteiger partial charge on any atom is -0.465 e. The SMILES string of the molecule is C=C(NC(=O)Nc1sc(C(=O)OC)c(Cl)c1CC)N(/N=C/C(C)(C)CC)c1ccc(F)cc1. The van der Waals surface area contributed by atoms with Gasteiger partial charge in [0.05, 0.1) is 17.8 Å². The number of urea groups is 1. The van der Waals surface area contributed by atoms with Gasteiger partial charge in [0.25, 0.3) is 0 Å². The largest absolute Gasteiger partial charge is 0.465 e. The molecule has 0 spiro atoms. The van der Waals surface area contributed by atoms with E-state index in [0.29, 0.717) is 22.7 Å². The van der Waals surface area contributed by atoms with Gasteiger partial charge in [0, 0.05) is 17.2 Å². The van der Waals surface area contributed by atoms with E-state index in [2.05, 4.69) is 22.3 Å². The summed E-state index contributed by atoms with van der Waals surface area (Å²) in [5.74, 6) is -0.819. The van der Waals surface area contributed by atoms with Crippen LogP contribution in [0.15, 0.2) is 41.8 Å². The Hall–Kier alpha value is -2.91. The molecule has 10 heteroatoms. The van der Waals surface area contributed by atoms with Crippen LogP contribution in [-0.2, 0) is 11.2 Å². The summed E-state index contributed by atoms with van der Waals surface area (Å²) in [7, 11) is 1.26. The van der Waals surface area contributed by atoms with Gasteiger partial charge in [-0.2, -0.15) is 5.10 Å². The number of rotatable bonds is 9. The minimum atomic E-state index is -0.596. The summed E-state index contributed by atoms with van der Waals surface area (Å²) in [5.41, 5.74) is 0.946. The van der Waals surface area contributed by atoms with Crippen molar-refractivity contribution in [1.29, 1.82) is 0 Å². The minimum absolute atomic E-state index is 0.149. The summed E-state index contributed by atoms with van der Waals surface area (Å²) in [4.78, 5) is 24.9. The second-order valence-electron chi connectivity index (χ2n) is 7.80. The first-order valence-electron chi connectivity index (χ1n) is 10.3. The molecule has 2 amide bonds. The van der Waals surface area contributed by atoms with Crippen LogP contribution < -0.4 is 15.6 Å². The molecular weight excluding hydrogens is 467 g/mol. The van der Waals surface area contributed by atoms with E-state index in [1.54, 1.807) is 6.21 Å². The van der Waals surface area contributed by atoms with E-state index in [9.17, 15) is 14.0 Å². The van der Waals surface area contributed by atoms with E-state index < -0.39 is 17.8 Å². The number of benzene rings is 1. The highest BCUT2D eigenvalue weighted by Gasteiger charge is 2.23. The van der Waals surface area contributed by atoms with Gasteiger partial charge in [-0.15, -0.1) is 11.3 Å². The first-order chi connectivity index (χ1) is 15.5. The Morgan fingerprint density at radius 3 is 2.48 bits per heavy atom. The second-order valence-corrected chi connectivity index (χ2v) is 9.20. The van der Waals surface area contributed by atoms with E-state index in [-0.39, 0.29) is 21.1 Å². The Balaban J connectivity index is 2.26. The topological polar surface area (TPSA) is 83.0 Å². The van der Waals surface area contributed by atoms with Gasteiger partial charge in [0.1, 0.15) is 21.5 Å². The monoisotopic (exact) mass is 494 g/mol. The van der Waals surface area contributed by atoms with Crippen LogP contribution in [0, 0.1) is 11.2 Å². The predicted molar refractivity (Wildman–Crippen MR) is 133 cm³/mol. The summed E-state index contributed by atoms with van der Waals surface area (Å²) in [5, 5.41) is 11.9. The maximum Gasteiger partial charge on any atom is 0.349 e. The molecule has 0 aliphatic rings. The number of hydrogen-bond acceptors (Lipinski definition) is 6. The van der Waals surface area contributed by atoms with Crippen LogP contribution in [0.3, 0.4) is 0 Å². The van der Waals surface area contributed by atoms with Crippen molar-refractivity contribution < 1.29 is 18.7 Å². The van der Waals surface area contributed by atoms with E-state index >= 15 is 0 Å². The molecule has 7 nitrogen and oxygen atoms in total. The van der Waals surface area contributed by atoms with Crippen molar-refractivity contribution in [2.75, 3.05) is 17.4 Å². The van der Waals surface area contributed by atoms with Crippen LogP contribution in [0.2, 0.25) is 5.02 Å². The number of ether oxygens (including phenoxy) is 1. The lowest BCUT2D eigenvalue weighted by Crippen LogP contribution is -2.35. The van der Waals surface area contributed by atoms with Crippen LogP contribution in [-0.4, -0.2) is 25.3 Å². The highest BCUT2D eigenvalue weighted by atomic mass is 35.5. The fourth-order valence-electron chi connectivity index (χ4n) is 2.58. The van der Waals surface area contributed by atoms with Crippen molar-refractivity contribution in [3.8, 4) is 0 Å².